The summed E-state index contributed by atoms with van der Waals surface area (Å²) in [6.07, 6.45) is 0. The summed E-state index contributed by atoms with van der Waals surface area (Å²) in [5, 5.41) is 3.82. The number of carbonyl (C=O) groups excluding carboxylic acids is 2. The van der Waals surface area contributed by atoms with E-state index in [2.05, 4.69) is 18.3 Å². The summed E-state index contributed by atoms with van der Waals surface area (Å²) in [6, 6.07) is 9.94. The van der Waals surface area contributed by atoms with E-state index < -0.39 is 5.91 Å². The van der Waals surface area contributed by atoms with Crippen molar-refractivity contribution in [2.24, 2.45) is 5.73 Å². The third kappa shape index (κ3) is 3.20. The molecule has 4 nitrogen and oxygen atoms in total. The molecule has 1 amide bonds. The lowest BCUT2D eigenvalue weighted by Crippen LogP contribution is -2.11. The Bertz CT molecular complexity index is 579. The van der Waals surface area contributed by atoms with Crippen LogP contribution in [0.1, 0.15) is 15.9 Å². The zero-order chi connectivity index (χ0) is 14.4. The second-order valence-corrected chi connectivity index (χ2v) is 4.83. The fourth-order valence-electron chi connectivity index (χ4n) is 1.74. The van der Waals surface area contributed by atoms with Crippen LogP contribution in [-0.4, -0.2) is 19.7 Å². The van der Waals surface area contributed by atoms with Crippen molar-refractivity contribution in [3.05, 3.63) is 41.5 Å². The van der Waals surface area contributed by atoms with Gasteiger partial charge in [-0.1, -0.05) is 24.3 Å². The number of hydrogen-bond donors (Lipinski definition) is 2. The zero-order valence-electron chi connectivity index (χ0n) is 10.9. The number of carbonyl (C=O) groups is 2. The predicted molar refractivity (Wildman–Crippen MR) is 79.7 cm³/mol. The van der Waals surface area contributed by atoms with E-state index >= 15 is 0 Å². The number of nitrogens with two attached hydrogens (primary N) is 1. The first-order valence-corrected chi connectivity index (χ1v) is 6.41. The van der Waals surface area contributed by atoms with Gasteiger partial charge < -0.3 is 15.8 Å². The van der Waals surface area contributed by atoms with E-state index in [1.807, 2.05) is 31.1 Å². The molecular weight excluding hydrogens is 260 g/mol. The molecule has 0 aliphatic heterocycles. The van der Waals surface area contributed by atoms with Crippen molar-refractivity contribution in [3.8, 4) is 10.4 Å². The third-order valence-corrected chi connectivity index (χ3v) is 3.82. The van der Waals surface area contributed by atoms with Crippen LogP contribution in [0.2, 0.25) is 0 Å². The van der Waals surface area contributed by atoms with Gasteiger partial charge in [0.15, 0.2) is 0 Å². The molecule has 0 atom stereocenters. The maximum atomic E-state index is 11.3. The van der Waals surface area contributed by atoms with Crippen LogP contribution in [0.25, 0.3) is 10.4 Å². The SMILES string of the molecule is C=O.CNc1sc(-c2ccccc2C)cc1C(N)=O. The summed E-state index contributed by atoms with van der Waals surface area (Å²) < 4.78 is 0. The van der Waals surface area contributed by atoms with Crippen molar-refractivity contribution >= 4 is 29.0 Å². The predicted octanol–water partition coefficient (Wildman–Crippen LogP) is 2.68. The van der Waals surface area contributed by atoms with Gasteiger partial charge in [-0.15, -0.1) is 11.3 Å². The topological polar surface area (TPSA) is 72.2 Å². The molecule has 0 radical (unpaired) electrons. The van der Waals surface area contributed by atoms with Gasteiger partial charge in [-0.05, 0) is 24.1 Å². The highest BCUT2D eigenvalue weighted by Crippen LogP contribution is 2.36. The summed E-state index contributed by atoms with van der Waals surface area (Å²) in [6.45, 7) is 4.05. The first-order chi connectivity index (χ1) is 9.13. The van der Waals surface area contributed by atoms with E-state index in [-0.39, 0.29) is 0 Å². The molecule has 5 heteroatoms. The van der Waals surface area contributed by atoms with Crippen LogP contribution in [0.5, 0.6) is 0 Å². The van der Waals surface area contributed by atoms with E-state index in [9.17, 15) is 4.79 Å². The van der Waals surface area contributed by atoms with Gasteiger partial charge in [-0.2, -0.15) is 0 Å². The average molecular weight is 276 g/mol. The lowest BCUT2D eigenvalue weighted by atomic mass is 10.1. The van der Waals surface area contributed by atoms with Crippen LogP contribution in [0.15, 0.2) is 30.3 Å². The molecule has 0 saturated heterocycles. The van der Waals surface area contributed by atoms with Gasteiger partial charge in [-0.25, -0.2) is 0 Å². The number of thiophene rings is 1. The van der Waals surface area contributed by atoms with Crippen LogP contribution in [0.3, 0.4) is 0 Å². The molecule has 1 aromatic carbocycles. The molecule has 2 rings (SSSR count). The quantitative estimate of drug-likeness (QED) is 0.905. The van der Waals surface area contributed by atoms with E-state index in [1.165, 1.54) is 5.56 Å². The molecule has 1 aromatic heterocycles. The molecule has 0 spiro atoms. The molecule has 19 heavy (non-hydrogen) atoms. The highest BCUT2D eigenvalue weighted by Gasteiger charge is 2.14. The monoisotopic (exact) mass is 276 g/mol. The number of rotatable bonds is 3. The molecule has 2 aromatic rings. The number of benzene rings is 1. The van der Waals surface area contributed by atoms with Gasteiger partial charge in [0.1, 0.15) is 11.8 Å². The minimum atomic E-state index is -0.398. The van der Waals surface area contributed by atoms with Gasteiger partial charge >= 0.3 is 0 Å². The van der Waals surface area contributed by atoms with E-state index in [0.29, 0.717) is 5.56 Å². The minimum Gasteiger partial charge on any atom is -0.379 e. The van der Waals surface area contributed by atoms with Crippen LogP contribution < -0.4 is 11.1 Å². The second-order valence-electron chi connectivity index (χ2n) is 3.78. The Balaban J connectivity index is 0.000000861. The zero-order valence-corrected chi connectivity index (χ0v) is 11.7. The van der Waals surface area contributed by atoms with Crippen molar-refractivity contribution < 1.29 is 9.59 Å². The largest absolute Gasteiger partial charge is 0.379 e. The average Bonchev–Trinajstić information content (AvgIpc) is 2.86. The summed E-state index contributed by atoms with van der Waals surface area (Å²) >= 11 is 1.54. The van der Waals surface area contributed by atoms with Crippen LogP contribution >= 0.6 is 11.3 Å². The summed E-state index contributed by atoms with van der Waals surface area (Å²) in [4.78, 5) is 20.4. The minimum absolute atomic E-state index is 0.398. The summed E-state index contributed by atoms with van der Waals surface area (Å²) in [7, 11) is 1.79. The molecule has 0 saturated carbocycles. The lowest BCUT2D eigenvalue weighted by molar-refractivity contribution is -0.0979. The van der Waals surface area contributed by atoms with Gasteiger partial charge in [0.25, 0.3) is 5.91 Å². The maximum absolute atomic E-state index is 11.3. The van der Waals surface area contributed by atoms with Crippen LogP contribution in [0.4, 0.5) is 5.00 Å². The highest BCUT2D eigenvalue weighted by molar-refractivity contribution is 7.19. The number of nitrogens with one attached hydrogen (secondary N) is 1. The van der Waals surface area contributed by atoms with E-state index in [0.717, 1.165) is 15.4 Å². The standard InChI is InChI=1S/C13H14N2OS.CH2O/c1-8-5-3-4-6-9(8)11-7-10(12(14)16)13(15-2)17-11;1-2/h3-7,15H,1-2H3,(H2,14,16);1H2. The maximum Gasteiger partial charge on any atom is 0.251 e. The Morgan fingerprint density at radius 3 is 2.42 bits per heavy atom. The van der Waals surface area contributed by atoms with Crippen molar-refractivity contribution in [2.75, 3.05) is 12.4 Å². The van der Waals surface area contributed by atoms with Crippen molar-refractivity contribution in [3.63, 3.8) is 0 Å². The summed E-state index contributed by atoms with van der Waals surface area (Å²) in [5.41, 5.74) is 8.23. The van der Waals surface area contributed by atoms with E-state index in [4.69, 9.17) is 10.5 Å². The number of anilines is 1. The first-order valence-electron chi connectivity index (χ1n) is 5.59. The molecule has 0 aliphatic carbocycles. The number of amides is 1. The third-order valence-electron chi connectivity index (χ3n) is 2.64. The number of hydrogen-bond acceptors (Lipinski definition) is 4. The molecule has 1 heterocycles. The molecular formula is C14H16N2O2S. The van der Waals surface area contributed by atoms with Crippen LogP contribution in [-0.2, 0) is 4.79 Å². The van der Waals surface area contributed by atoms with Gasteiger partial charge in [0.2, 0.25) is 0 Å². The highest BCUT2D eigenvalue weighted by atomic mass is 32.1. The first kappa shape index (κ1) is 14.9. The Morgan fingerprint density at radius 1 is 1.32 bits per heavy atom. The molecule has 0 unspecified atom stereocenters. The number of primary amides is 1. The van der Waals surface area contributed by atoms with Gasteiger partial charge in [0, 0.05) is 11.9 Å². The number of aryl methyl sites for hydroxylation is 1. The molecule has 100 valence electrons. The Kier molecular flexibility index (Phi) is 5.26. The van der Waals surface area contributed by atoms with Crippen LogP contribution in [0, 0.1) is 6.92 Å². The lowest BCUT2D eigenvalue weighted by Gasteiger charge is -2.01. The summed E-state index contributed by atoms with van der Waals surface area (Å²) in [5.74, 6) is -0.398. The fourth-order valence-corrected chi connectivity index (χ4v) is 2.85. The molecule has 0 aliphatic rings. The second kappa shape index (κ2) is 6.70. The van der Waals surface area contributed by atoms with Gasteiger partial charge in [-0.3, -0.25) is 4.79 Å². The fraction of sp³-hybridized carbons (Fsp3) is 0.143. The smallest absolute Gasteiger partial charge is 0.251 e. The Hall–Kier alpha value is -2.14. The molecule has 3 N–H and O–H groups in total. The molecule has 0 fully saturated rings. The molecule has 0 bridgehead atoms. The Labute approximate surface area is 116 Å². The van der Waals surface area contributed by atoms with Gasteiger partial charge in [0.05, 0.1) is 5.56 Å². The van der Waals surface area contributed by atoms with Crippen molar-refractivity contribution in [2.45, 2.75) is 6.92 Å². The van der Waals surface area contributed by atoms with Crippen molar-refractivity contribution in [1.29, 1.82) is 0 Å². The Morgan fingerprint density at radius 2 is 1.95 bits per heavy atom. The normalized spacial score (nSPS) is 9.37. The van der Waals surface area contributed by atoms with Crippen molar-refractivity contribution in [1.82, 2.24) is 0 Å². The van der Waals surface area contributed by atoms with E-state index in [1.54, 1.807) is 18.4 Å².